The van der Waals surface area contributed by atoms with Crippen LogP contribution in [0.15, 0.2) is 47.6 Å². The van der Waals surface area contributed by atoms with E-state index in [-0.39, 0.29) is 35.4 Å². The molecule has 0 aromatic carbocycles. The van der Waals surface area contributed by atoms with Crippen LogP contribution in [0, 0.1) is 17.3 Å². The fraction of sp³-hybridized carbons (Fsp3) is 0.524. The zero-order chi connectivity index (χ0) is 18.1. The quantitative estimate of drug-likeness (QED) is 0.408. The molecule has 3 unspecified atom stereocenters. The van der Waals surface area contributed by atoms with Crippen LogP contribution in [0.5, 0.6) is 0 Å². The summed E-state index contributed by atoms with van der Waals surface area (Å²) in [4.78, 5) is 24.8. The largest absolute Gasteiger partial charge is 0.457 e. The molecular formula is C21H28O3. The summed E-state index contributed by atoms with van der Waals surface area (Å²) >= 11 is 0. The maximum atomic E-state index is 12.6. The Bertz CT molecular complexity index is 642. The highest BCUT2D eigenvalue weighted by Crippen LogP contribution is 2.60. The van der Waals surface area contributed by atoms with E-state index in [1.165, 1.54) is 5.57 Å². The summed E-state index contributed by atoms with van der Waals surface area (Å²) in [5, 5.41) is 0. The molecule has 24 heavy (non-hydrogen) atoms. The monoisotopic (exact) mass is 328 g/mol. The third-order valence-electron chi connectivity index (χ3n) is 5.20. The first kappa shape index (κ1) is 18.4. The summed E-state index contributed by atoms with van der Waals surface area (Å²) in [6, 6.07) is 0. The molecule has 0 saturated heterocycles. The van der Waals surface area contributed by atoms with E-state index >= 15 is 0 Å². The van der Waals surface area contributed by atoms with Gasteiger partial charge in [-0.25, -0.2) is 0 Å². The van der Waals surface area contributed by atoms with Crippen molar-refractivity contribution in [1.29, 1.82) is 0 Å². The first-order valence-corrected chi connectivity index (χ1v) is 8.56. The van der Waals surface area contributed by atoms with Gasteiger partial charge < -0.3 is 4.74 Å². The smallest absolute Gasteiger partial charge is 0.310 e. The Labute approximate surface area is 145 Å². The van der Waals surface area contributed by atoms with E-state index in [0.717, 1.165) is 11.1 Å². The van der Waals surface area contributed by atoms with Crippen LogP contribution in [0.2, 0.25) is 0 Å². The number of allylic oxidation sites excluding steroid dienone is 6. The molecule has 1 fully saturated rings. The fourth-order valence-corrected chi connectivity index (χ4v) is 3.56. The van der Waals surface area contributed by atoms with E-state index in [1.54, 1.807) is 6.08 Å². The number of rotatable bonds is 6. The molecule has 0 aromatic heterocycles. The zero-order valence-corrected chi connectivity index (χ0v) is 15.4. The SMILES string of the molecule is C=C/C=C/CC1=C(C)C(OC(=O)C2C(C=C(C)C)C2(C)C)CC1=O. The molecule has 2 aliphatic carbocycles. The van der Waals surface area contributed by atoms with Crippen molar-refractivity contribution in [1.82, 2.24) is 0 Å². The van der Waals surface area contributed by atoms with Crippen LogP contribution in [0.3, 0.4) is 0 Å². The maximum Gasteiger partial charge on any atom is 0.310 e. The van der Waals surface area contributed by atoms with Crippen LogP contribution in [-0.4, -0.2) is 17.9 Å². The lowest BCUT2D eigenvalue weighted by molar-refractivity contribution is -0.150. The molecule has 130 valence electrons. The van der Waals surface area contributed by atoms with Gasteiger partial charge in [0.2, 0.25) is 0 Å². The van der Waals surface area contributed by atoms with Crippen molar-refractivity contribution < 1.29 is 14.3 Å². The van der Waals surface area contributed by atoms with Gasteiger partial charge in [-0.2, -0.15) is 0 Å². The van der Waals surface area contributed by atoms with Crippen molar-refractivity contribution in [2.45, 2.75) is 53.6 Å². The first-order valence-electron chi connectivity index (χ1n) is 8.56. The maximum absolute atomic E-state index is 12.6. The van der Waals surface area contributed by atoms with Gasteiger partial charge in [0.25, 0.3) is 0 Å². The summed E-state index contributed by atoms with van der Waals surface area (Å²) in [7, 11) is 0. The van der Waals surface area contributed by atoms with Crippen LogP contribution in [-0.2, 0) is 14.3 Å². The lowest BCUT2D eigenvalue weighted by atomic mass is 10.1. The third-order valence-corrected chi connectivity index (χ3v) is 5.20. The predicted molar refractivity (Wildman–Crippen MR) is 96.4 cm³/mol. The summed E-state index contributed by atoms with van der Waals surface area (Å²) in [6.45, 7) is 13.8. The van der Waals surface area contributed by atoms with Crippen molar-refractivity contribution >= 4 is 11.8 Å². The highest BCUT2D eigenvalue weighted by Gasteiger charge is 2.61. The average molecular weight is 328 g/mol. The van der Waals surface area contributed by atoms with Crippen LogP contribution in [0.1, 0.15) is 47.5 Å². The molecule has 0 bridgehead atoms. The highest BCUT2D eigenvalue weighted by molar-refractivity contribution is 6.00. The van der Waals surface area contributed by atoms with E-state index < -0.39 is 6.10 Å². The van der Waals surface area contributed by atoms with Gasteiger partial charge in [0.1, 0.15) is 6.10 Å². The predicted octanol–water partition coefficient (Wildman–Crippen LogP) is 4.56. The van der Waals surface area contributed by atoms with E-state index in [4.69, 9.17) is 4.74 Å². The Morgan fingerprint density at radius 1 is 1.38 bits per heavy atom. The second-order valence-electron chi connectivity index (χ2n) is 7.65. The van der Waals surface area contributed by atoms with Gasteiger partial charge >= 0.3 is 5.97 Å². The second-order valence-corrected chi connectivity index (χ2v) is 7.65. The summed E-state index contributed by atoms with van der Waals surface area (Å²) < 4.78 is 5.71. The van der Waals surface area contributed by atoms with Gasteiger partial charge in [0.05, 0.1) is 12.3 Å². The van der Waals surface area contributed by atoms with E-state index in [1.807, 2.05) is 32.9 Å². The number of carbonyl (C=O) groups excluding carboxylic acids is 2. The molecule has 0 radical (unpaired) electrons. The zero-order valence-electron chi connectivity index (χ0n) is 15.4. The van der Waals surface area contributed by atoms with Crippen LogP contribution < -0.4 is 0 Å². The van der Waals surface area contributed by atoms with Gasteiger partial charge in [-0.3, -0.25) is 9.59 Å². The van der Waals surface area contributed by atoms with E-state index in [0.29, 0.717) is 6.42 Å². The summed E-state index contributed by atoms with van der Waals surface area (Å²) in [5.41, 5.74) is 2.80. The molecule has 2 rings (SSSR count). The molecule has 0 spiro atoms. The summed E-state index contributed by atoms with van der Waals surface area (Å²) in [6.07, 6.45) is 8.01. The Kier molecular flexibility index (Phi) is 5.32. The molecule has 1 saturated carbocycles. The summed E-state index contributed by atoms with van der Waals surface area (Å²) in [5.74, 6) is 0.0175. The number of ether oxygens (including phenoxy) is 1. The number of ketones is 1. The lowest BCUT2D eigenvalue weighted by Crippen LogP contribution is -2.20. The standard InChI is InChI=1S/C21H28O3/c1-7-8-9-10-15-14(4)18(12-17(15)22)24-20(23)19-16(11-13(2)3)21(19,5)6/h7-9,11,16,18-19H,1,10,12H2,2-6H3/b9-8+. The fourth-order valence-electron chi connectivity index (χ4n) is 3.56. The minimum Gasteiger partial charge on any atom is -0.457 e. The van der Waals surface area contributed by atoms with Crippen LogP contribution >= 0.6 is 0 Å². The minimum absolute atomic E-state index is 0.0654. The van der Waals surface area contributed by atoms with Crippen molar-refractivity contribution in [3.05, 3.63) is 47.6 Å². The number of hydrogen-bond donors (Lipinski definition) is 0. The van der Waals surface area contributed by atoms with Crippen molar-refractivity contribution in [2.24, 2.45) is 17.3 Å². The third kappa shape index (κ3) is 3.61. The molecule has 0 aromatic rings. The lowest BCUT2D eigenvalue weighted by Gasteiger charge is -2.13. The van der Waals surface area contributed by atoms with Crippen molar-refractivity contribution in [3.63, 3.8) is 0 Å². The molecule has 0 amide bonds. The van der Waals surface area contributed by atoms with E-state index in [2.05, 4.69) is 26.5 Å². The molecule has 0 aliphatic heterocycles. The van der Waals surface area contributed by atoms with Gasteiger partial charge in [-0.1, -0.05) is 50.3 Å². The Hall–Kier alpha value is -1.90. The highest BCUT2D eigenvalue weighted by atomic mass is 16.5. The number of esters is 1. The Morgan fingerprint density at radius 3 is 2.62 bits per heavy atom. The molecule has 2 aliphatic rings. The van der Waals surface area contributed by atoms with Gasteiger partial charge in [0.15, 0.2) is 5.78 Å². The molecule has 3 heteroatoms. The van der Waals surface area contributed by atoms with Crippen molar-refractivity contribution in [3.8, 4) is 0 Å². The average Bonchev–Trinajstić information content (AvgIpc) is 2.90. The molecule has 0 heterocycles. The second kappa shape index (κ2) is 6.92. The number of hydrogen-bond acceptors (Lipinski definition) is 3. The molecular weight excluding hydrogens is 300 g/mol. The molecule has 3 nitrogen and oxygen atoms in total. The van der Waals surface area contributed by atoms with Crippen LogP contribution in [0.4, 0.5) is 0 Å². The van der Waals surface area contributed by atoms with Gasteiger partial charge in [-0.05, 0) is 44.1 Å². The van der Waals surface area contributed by atoms with Crippen molar-refractivity contribution in [2.75, 3.05) is 0 Å². The Morgan fingerprint density at radius 2 is 2.04 bits per heavy atom. The first-order chi connectivity index (χ1) is 11.2. The molecule has 0 N–H and O–H groups in total. The molecule has 3 atom stereocenters. The van der Waals surface area contributed by atoms with Gasteiger partial charge in [0, 0.05) is 5.57 Å². The number of carbonyl (C=O) groups is 2. The normalized spacial score (nSPS) is 28.2. The topological polar surface area (TPSA) is 43.4 Å². The van der Waals surface area contributed by atoms with E-state index in [9.17, 15) is 9.59 Å². The van der Waals surface area contributed by atoms with Crippen LogP contribution in [0.25, 0.3) is 0 Å². The van der Waals surface area contributed by atoms with Gasteiger partial charge in [-0.15, -0.1) is 0 Å². The Balaban J connectivity index is 2.05. The minimum atomic E-state index is -0.402. The number of Topliss-reactive ketones (excluding diaryl/α,β-unsaturated/α-hetero) is 1.